The molecule has 0 atom stereocenters. The number of hydrogen-bond donors (Lipinski definition) is 2. The van der Waals surface area contributed by atoms with E-state index in [0.29, 0.717) is 24.4 Å². The highest BCUT2D eigenvalue weighted by Gasteiger charge is 2.20. The zero-order valence-corrected chi connectivity index (χ0v) is 12.7. The summed E-state index contributed by atoms with van der Waals surface area (Å²) in [7, 11) is -2.15. The molecule has 7 nitrogen and oxygen atoms in total. The van der Waals surface area contributed by atoms with Crippen LogP contribution in [0.3, 0.4) is 0 Å². The molecule has 0 aliphatic carbocycles. The Morgan fingerprint density at radius 3 is 2.86 bits per heavy atom. The van der Waals surface area contributed by atoms with Crippen LogP contribution in [0.4, 0.5) is 11.4 Å². The first-order valence-corrected chi connectivity index (χ1v) is 7.81. The Balaban J connectivity index is 2.23. The molecule has 0 spiro atoms. The Hall–Kier alpha value is -2.06. The van der Waals surface area contributed by atoms with E-state index < -0.39 is 10.0 Å². The summed E-state index contributed by atoms with van der Waals surface area (Å²) < 4.78 is 33.8. The summed E-state index contributed by atoms with van der Waals surface area (Å²) in [5.74, 6) is 0. The van der Waals surface area contributed by atoms with Crippen molar-refractivity contribution in [1.82, 2.24) is 9.78 Å². The summed E-state index contributed by atoms with van der Waals surface area (Å²) in [6.45, 7) is 2.75. The molecule has 0 aliphatic rings. The Morgan fingerprint density at radius 2 is 2.19 bits per heavy atom. The topological polar surface area (TPSA) is 99.2 Å². The number of methoxy groups -OCH3 is 1. The second kappa shape index (κ2) is 6.15. The van der Waals surface area contributed by atoms with Gasteiger partial charge in [0, 0.05) is 13.3 Å². The molecule has 0 unspecified atom stereocenters. The van der Waals surface area contributed by atoms with Gasteiger partial charge in [-0.1, -0.05) is 12.1 Å². The van der Waals surface area contributed by atoms with Crippen molar-refractivity contribution in [2.24, 2.45) is 0 Å². The lowest BCUT2D eigenvalue weighted by Crippen LogP contribution is -2.16. The van der Waals surface area contributed by atoms with E-state index in [1.54, 1.807) is 43.1 Å². The van der Waals surface area contributed by atoms with Crippen molar-refractivity contribution in [2.75, 3.05) is 24.2 Å². The van der Waals surface area contributed by atoms with Gasteiger partial charge >= 0.3 is 0 Å². The third-order valence-corrected chi connectivity index (χ3v) is 4.52. The van der Waals surface area contributed by atoms with E-state index in [1.165, 1.54) is 6.20 Å². The SMILES string of the molecule is COCCn1cc(NS(=O)(=O)c2c(C)cccc2N)cn1. The van der Waals surface area contributed by atoms with E-state index in [-0.39, 0.29) is 10.6 Å². The molecule has 21 heavy (non-hydrogen) atoms. The van der Waals surface area contributed by atoms with Crippen molar-refractivity contribution in [3.63, 3.8) is 0 Å². The van der Waals surface area contributed by atoms with Crippen LogP contribution in [0, 0.1) is 6.92 Å². The van der Waals surface area contributed by atoms with Gasteiger partial charge in [0.15, 0.2) is 0 Å². The normalized spacial score (nSPS) is 11.5. The maximum Gasteiger partial charge on any atom is 0.264 e. The lowest BCUT2D eigenvalue weighted by Gasteiger charge is -2.11. The number of nitrogens with two attached hydrogens (primary N) is 1. The Bertz CT molecular complexity index is 705. The first-order valence-electron chi connectivity index (χ1n) is 6.33. The van der Waals surface area contributed by atoms with Gasteiger partial charge in [0.1, 0.15) is 4.90 Å². The molecule has 1 aromatic carbocycles. The van der Waals surface area contributed by atoms with E-state index in [4.69, 9.17) is 10.5 Å². The van der Waals surface area contributed by atoms with Gasteiger partial charge in [0.2, 0.25) is 0 Å². The fraction of sp³-hybridized carbons (Fsp3) is 0.308. The van der Waals surface area contributed by atoms with Gasteiger partial charge in [-0.3, -0.25) is 9.40 Å². The maximum absolute atomic E-state index is 12.4. The number of rotatable bonds is 6. The van der Waals surface area contributed by atoms with Gasteiger partial charge in [-0.15, -0.1) is 0 Å². The van der Waals surface area contributed by atoms with Crippen LogP contribution in [-0.4, -0.2) is 31.9 Å². The van der Waals surface area contributed by atoms with Crippen LogP contribution in [-0.2, 0) is 21.3 Å². The number of hydrogen-bond acceptors (Lipinski definition) is 5. The molecule has 3 N–H and O–H groups in total. The molecule has 0 radical (unpaired) electrons. The zero-order chi connectivity index (χ0) is 15.5. The van der Waals surface area contributed by atoms with Crippen LogP contribution in [0.2, 0.25) is 0 Å². The molecule has 1 aromatic heterocycles. The second-order valence-electron chi connectivity index (χ2n) is 4.58. The van der Waals surface area contributed by atoms with E-state index in [2.05, 4.69) is 9.82 Å². The molecule has 1 heterocycles. The summed E-state index contributed by atoms with van der Waals surface area (Å²) in [5.41, 5.74) is 6.97. The van der Waals surface area contributed by atoms with Gasteiger partial charge in [-0.2, -0.15) is 5.10 Å². The van der Waals surface area contributed by atoms with Crippen molar-refractivity contribution in [2.45, 2.75) is 18.4 Å². The Morgan fingerprint density at radius 1 is 1.43 bits per heavy atom. The second-order valence-corrected chi connectivity index (χ2v) is 6.20. The largest absolute Gasteiger partial charge is 0.398 e. The van der Waals surface area contributed by atoms with Gasteiger partial charge in [0.05, 0.1) is 30.7 Å². The van der Waals surface area contributed by atoms with Crippen LogP contribution in [0.5, 0.6) is 0 Å². The van der Waals surface area contributed by atoms with E-state index in [0.717, 1.165) is 0 Å². The van der Waals surface area contributed by atoms with Crippen LogP contribution >= 0.6 is 0 Å². The van der Waals surface area contributed by atoms with Crippen LogP contribution < -0.4 is 10.5 Å². The average molecular weight is 310 g/mol. The number of aromatic nitrogens is 2. The van der Waals surface area contributed by atoms with Crippen LogP contribution in [0.1, 0.15) is 5.56 Å². The summed E-state index contributed by atoms with van der Waals surface area (Å²) >= 11 is 0. The van der Waals surface area contributed by atoms with Crippen molar-refractivity contribution in [3.05, 3.63) is 36.2 Å². The third-order valence-electron chi connectivity index (χ3n) is 2.92. The van der Waals surface area contributed by atoms with Crippen molar-refractivity contribution in [1.29, 1.82) is 0 Å². The van der Waals surface area contributed by atoms with Crippen LogP contribution in [0.15, 0.2) is 35.5 Å². The van der Waals surface area contributed by atoms with Gasteiger partial charge in [-0.05, 0) is 18.6 Å². The van der Waals surface area contributed by atoms with Crippen LogP contribution in [0.25, 0.3) is 0 Å². The molecule has 8 heteroatoms. The van der Waals surface area contributed by atoms with Crippen molar-refractivity contribution >= 4 is 21.4 Å². The highest BCUT2D eigenvalue weighted by Crippen LogP contribution is 2.24. The number of anilines is 2. The number of nitrogens with zero attached hydrogens (tertiary/aromatic N) is 2. The molecular formula is C13H18N4O3S. The Labute approximate surface area is 123 Å². The first kappa shape index (κ1) is 15.3. The Kier molecular flexibility index (Phi) is 4.49. The molecule has 0 aliphatic heterocycles. The summed E-state index contributed by atoms with van der Waals surface area (Å²) in [6.07, 6.45) is 3.05. The van der Waals surface area contributed by atoms with E-state index >= 15 is 0 Å². The van der Waals surface area contributed by atoms with Crippen molar-refractivity contribution < 1.29 is 13.2 Å². The van der Waals surface area contributed by atoms with Crippen molar-refractivity contribution in [3.8, 4) is 0 Å². The molecule has 2 aromatic rings. The molecular weight excluding hydrogens is 292 g/mol. The minimum Gasteiger partial charge on any atom is -0.398 e. The molecule has 0 bridgehead atoms. The predicted molar refractivity (Wildman–Crippen MR) is 80.5 cm³/mol. The fourth-order valence-corrected chi connectivity index (χ4v) is 3.36. The van der Waals surface area contributed by atoms with E-state index in [1.807, 2.05) is 0 Å². The predicted octanol–water partition coefficient (Wildman–Crippen LogP) is 1.22. The number of nitrogens with one attached hydrogen (secondary N) is 1. The minimum absolute atomic E-state index is 0.0923. The minimum atomic E-state index is -3.74. The monoisotopic (exact) mass is 310 g/mol. The zero-order valence-electron chi connectivity index (χ0n) is 11.9. The smallest absolute Gasteiger partial charge is 0.264 e. The third kappa shape index (κ3) is 3.53. The van der Waals surface area contributed by atoms with Gasteiger partial charge in [0.25, 0.3) is 10.0 Å². The van der Waals surface area contributed by atoms with Gasteiger partial charge in [-0.25, -0.2) is 8.42 Å². The lowest BCUT2D eigenvalue weighted by atomic mass is 10.2. The molecule has 0 amide bonds. The summed E-state index contributed by atoms with van der Waals surface area (Å²) in [5, 5.41) is 4.05. The first-order chi connectivity index (χ1) is 9.94. The number of ether oxygens (including phenoxy) is 1. The molecule has 2 rings (SSSR count). The standard InChI is InChI=1S/C13H18N4O3S/c1-10-4-3-5-12(14)13(10)21(18,19)16-11-8-15-17(9-11)6-7-20-2/h3-5,8-9,16H,6-7,14H2,1-2H3. The number of benzene rings is 1. The maximum atomic E-state index is 12.4. The number of nitrogen functional groups attached to an aromatic ring is 1. The van der Waals surface area contributed by atoms with Gasteiger partial charge < -0.3 is 10.5 Å². The highest BCUT2D eigenvalue weighted by atomic mass is 32.2. The molecule has 0 fully saturated rings. The average Bonchev–Trinajstić information content (AvgIpc) is 2.82. The molecule has 0 saturated carbocycles. The molecule has 0 saturated heterocycles. The fourth-order valence-electron chi connectivity index (χ4n) is 1.97. The number of aryl methyl sites for hydroxylation is 1. The molecule has 114 valence electrons. The quantitative estimate of drug-likeness (QED) is 0.782. The summed E-state index contributed by atoms with van der Waals surface area (Å²) in [4.78, 5) is 0.0923. The number of sulfonamides is 1. The lowest BCUT2D eigenvalue weighted by molar-refractivity contribution is 0.183. The summed E-state index contributed by atoms with van der Waals surface area (Å²) in [6, 6.07) is 4.98. The van der Waals surface area contributed by atoms with E-state index in [9.17, 15) is 8.42 Å². The highest BCUT2D eigenvalue weighted by molar-refractivity contribution is 7.93.